The lowest BCUT2D eigenvalue weighted by Crippen LogP contribution is -2.34. The Kier molecular flexibility index (Phi) is 3.42. The maximum absolute atomic E-state index is 9.51. The van der Waals surface area contributed by atoms with Crippen LogP contribution in [-0.4, -0.2) is 49.0 Å². The van der Waals surface area contributed by atoms with Gasteiger partial charge in [0.05, 0.1) is 24.7 Å². The molecule has 1 aliphatic heterocycles. The van der Waals surface area contributed by atoms with E-state index < -0.39 is 18.5 Å². The molecule has 0 aromatic heterocycles. The van der Waals surface area contributed by atoms with Crippen LogP contribution in [0.2, 0.25) is 0 Å². The van der Waals surface area contributed by atoms with E-state index in [9.17, 15) is 5.11 Å². The smallest absolute Gasteiger partial charge is 0.165 e. The zero-order valence-corrected chi connectivity index (χ0v) is 7.01. The first-order chi connectivity index (χ1) is 5.74. The van der Waals surface area contributed by atoms with Crippen LogP contribution in [0.1, 0.15) is 0 Å². The zero-order valence-electron chi connectivity index (χ0n) is 7.01. The molecule has 1 rings (SSSR count). The van der Waals surface area contributed by atoms with Gasteiger partial charge in [0, 0.05) is 13.7 Å². The van der Waals surface area contributed by atoms with Gasteiger partial charge in [-0.15, -0.1) is 0 Å². The second-order valence-corrected chi connectivity index (χ2v) is 2.85. The highest BCUT2D eigenvalue weighted by molar-refractivity contribution is 4.86. The van der Waals surface area contributed by atoms with Gasteiger partial charge in [0.1, 0.15) is 0 Å². The molecule has 5 heteroatoms. The number of methoxy groups -OCH3 is 1. The van der Waals surface area contributed by atoms with Crippen LogP contribution in [0.5, 0.6) is 0 Å². The fourth-order valence-corrected chi connectivity index (χ4v) is 1.41. The van der Waals surface area contributed by atoms with Gasteiger partial charge in [-0.1, -0.05) is 0 Å². The summed E-state index contributed by atoms with van der Waals surface area (Å²) in [6.07, 6.45) is -1.70. The first kappa shape index (κ1) is 9.88. The van der Waals surface area contributed by atoms with Gasteiger partial charge in [-0.25, -0.2) is 0 Å². The maximum atomic E-state index is 9.51. The number of aliphatic hydroxyl groups is 2. The van der Waals surface area contributed by atoms with E-state index in [2.05, 4.69) is 0 Å². The first-order valence-corrected chi connectivity index (χ1v) is 3.91. The molecular weight excluding hydrogens is 162 g/mol. The molecule has 0 saturated carbocycles. The summed E-state index contributed by atoms with van der Waals surface area (Å²) in [5.74, 6) is -0.386. The highest BCUT2D eigenvalue weighted by Crippen LogP contribution is 2.26. The van der Waals surface area contributed by atoms with Crippen molar-refractivity contribution in [3.05, 3.63) is 0 Å². The number of hydrogen-bond donors (Lipinski definition) is 3. The molecule has 0 aromatic carbocycles. The van der Waals surface area contributed by atoms with Gasteiger partial charge >= 0.3 is 0 Å². The quantitative estimate of drug-likeness (QED) is 0.478. The van der Waals surface area contributed by atoms with Gasteiger partial charge < -0.3 is 25.4 Å². The Morgan fingerprint density at radius 3 is 2.58 bits per heavy atom. The van der Waals surface area contributed by atoms with Crippen molar-refractivity contribution in [2.75, 3.05) is 20.3 Å². The fraction of sp³-hybridized carbons (Fsp3) is 1.00. The molecule has 0 aliphatic carbocycles. The van der Waals surface area contributed by atoms with E-state index in [1.165, 1.54) is 7.11 Å². The molecule has 1 saturated heterocycles. The summed E-state index contributed by atoms with van der Waals surface area (Å²) >= 11 is 0. The van der Waals surface area contributed by atoms with E-state index in [1.807, 2.05) is 0 Å². The molecule has 4 unspecified atom stereocenters. The molecule has 1 aliphatic rings. The van der Waals surface area contributed by atoms with E-state index in [4.69, 9.17) is 20.3 Å². The van der Waals surface area contributed by atoms with Crippen molar-refractivity contribution in [2.24, 2.45) is 11.7 Å². The third kappa shape index (κ3) is 1.60. The molecule has 0 amide bonds. The lowest BCUT2D eigenvalue weighted by molar-refractivity contribution is -0.134. The van der Waals surface area contributed by atoms with Gasteiger partial charge in [0.15, 0.2) is 6.29 Å². The van der Waals surface area contributed by atoms with Gasteiger partial charge in [0.2, 0.25) is 0 Å². The normalized spacial score (nSPS) is 42.0. The number of hydrogen-bond acceptors (Lipinski definition) is 5. The van der Waals surface area contributed by atoms with Gasteiger partial charge in [0.25, 0.3) is 0 Å². The fourth-order valence-electron chi connectivity index (χ4n) is 1.41. The van der Waals surface area contributed by atoms with Crippen LogP contribution in [0.25, 0.3) is 0 Å². The van der Waals surface area contributed by atoms with E-state index in [0.717, 1.165) is 0 Å². The standard InChI is InChI=1S/C7H15NO4/c1-11-7-4(3-9)6(10)5(2-8)12-7/h4-7,9-10H,2-3,8H2,1H3. The van der Waals surface area contributed by atoms with Crippen molar-refractivity contribution in [3.63, 3.8) is 0 Å². The minimum Gasteiger partial charge on any atom is -0.396 e. The number of rotatable bonds is 3. The Bertz CT molecular complexity index is 141. The summed E-state index contributed by atoms with van der Waals surface area (Å²) in [6, 6.07) is 0. The predicted molar refractivity (Wildman–Crippen MR) is 41.3 cm³/mol. The summed E-state index contributed by atoms with van der Waals surface area (Å²) in [5, 5.41) is 18.4. The van der Waals surface area contributed by atoms with Gasteiger partial charge in [-0.05, 0) is 0 Å². The Morgan fingerprint density at radius 2 is 2.25 bits per heavy atom. The minimum absolute atomic E-state index is 0.157. The van der Waals surface area contributed by atoms with E-state index in [-0.39, 0.29) is 19.1 Å². The Morgan fingerprint density at radius 1 is 1.58 bits per heavy atom. The average molecular weight is 177 g/mol. The van der Waals surface area contributed by atoms with Crippen molar-refractivity contribution >= 4 is 0 Å². The summed E-state index contributed by atoms with van der Waals surface area (Å²) in [5.41, 5.74) is 5.34. The molecular formula is C7H15NO4. The SMILES string of the molecule is COC1OC(CN)C(O)C1CO. The summed E-state index contributed by atoms with van der Waals surface area (Å²) in [7, 11) is 1.47. The van der Waals surface area contributed by atoms with E-state index in [1.54, 1.807) is 0 Å². The predicted octanol–water partition coefficient (Wildman–Crippen LogP) is -1.71. The van der Waals surface area contributed by atoms with Crippen LogP contribution in [0.15, 0.2) is 0 Å². The van der Waals surface area contributed by atoms with Crippen LogP contribution in [-0.2, 0) is 9.47 Å². The summed E-state index contributed by atoms with van der Waals surface area (Å²) in [4.78, 5) is 0. The molecule has 4 N–H and O–H groups in total. The van der Waals surface area contributed by atoms with Gasteiger partial charge in [-0.3, -0.25) is 0 Å². The van der Waals surface area contributed by atoms with Crippen LogP contribution in [0.4, 0.5) is 0 Å². The van der Waals surface area contributed by atoms with E-state index in [0.29, 0.717) is 0 Å². The van der Waals surface area contributed by atoms with Crippen molar-refractivity contribution in [2.45, 2.75) is 18.5 Å². The maximum Gasteiger partial charge on any atom is 0.165 e. The second kappa shape index (κ2) is 4.15. The zero-order chi connectivity index (χ0) is 9.14. The topological polar surface area (TPSA) is 84.9 Å². The van der Waals surface area contributed by atoms with Crippen LogP contribution < -0.4 is 5.73 Å². The largest absolute Gasteiger partial charge is 0.396 e. The third-order valence-electron chi connectivity index (χ3n) is 2.15. The third-order valence-corrected chi connectivity index (χ3v) is 2.15. The van der Waals surface area contributed by atoms with Crippen molar-refractivity contribution in [3.8, 4) is 0 Å². The van der Waals surface area contributed by atoms with Crippen molar-refractivity contribution < 1.29 is 19.7 Å². The molecule has 0 spiro atoms. The molecule has 0 radical (unpaired) electrons. The molecule has 72 valence electrons. The van der Waals surface area contributed by atoms with Crippen molar-refractivity contribution in [1.29, 1.82) is 0 Å². The molecule has 12 heavy (non-hydrogen) atoms. The average Bonchev–Trinajstić information content (AvgIpc) is 2.41. The second-order valence-electron chi connectivity index (χ2n) is 2.85. The lowest BCUT2D eigenvalue weighted by Gasteiger charge is -2.15. The van der Waals surface area contributed by atoms with E-state index >= 15 is 0 Å². The number of aliphatic hydroxyl groups excluding tert-OH is 2. The minimum atomic E-state index is -0.732. The molecule has 0 bridgehead atoms. The van der Waals surface area contributed by atoms with Crippen LogP contribution in [0, 0.1) is 5.92 Å². The Labute approximate surface area is 71.1 Å². The Balaban J connectivity index is 2.58. The lowest BCUT2D eigenvalue weighted by atomic mass is 10.0. The molecule has 1 heterocycles. The Hall–Kier alpha value is -0.200. The molecule has 0 aromatic rings. The monoisotopic (exact) mass is 177 g/mol. The number of nitrogens with two attached hydrogens (primary N) is 1. The summed E-state index contributed by atoms with van der Waals surface area (Å²) in [6.45, 7) is 0.0771. The first-order valence-electron chi connectivity index (χ1n) is 3.91. The van der Waals surface area contributed by atoms with Crippen LogP contribution >= 0.6 is 0 Å². The van der Waals surface area contributed by atoms with Gasteiger partial charge in [-0.2, -0.15) is 0 Å². The highest BCUT2D eigenvalue weighted by Gasteiger charge is 2.42. The highest BCUT2D eigenvalue weighted by atomic mass is 16.7. The van der Waals surface area contributed by atoms with Crippen molar-refractivity contribution in [1.82, 2.24) is 0 Å². The van der Waals surface area contributed by atoms with Crippen LogP contribution in [0.3, 0.4) is 0 Å². The summed E-state index contributed by atoms with van der Waals surface area (Å²) < 4.78 is 10.1. The number of ether oxygens (including phenoxy) is 2. The molecule has 5 nitrogen and oxygen atoms in total. The molecule has 4 atom stereocenters. The molecule has 1 fully saturated rings.